The first kappa shape index (κ1) is 12.7. The van der Waals surface area contributed by atoms with Crippen molar-refractivity contribution in [2.75, 3.05) is 0 Å². The first-order valence-electron chi connectivity index (χ1n) is 6.23. The lowest BCUT2D eigenvalue weighted by molar-refractivity contribution is -0.125. The lowest BCUT2D eigenvalue weighted by atomic mass is 9.74. The minimum absolute atomic E-state index is 0.161. The third-order valence-electron chi connectivity index (χ3n) is 3.60. The number of nitrogens with two attached hydrogens (primary N) is 1. The minimum Gasteiger partial charge on any atom is -0.319 e. The summed E-state index contributed by atoms with van der Waals surface area (Å²) in [6.45, 7) is 4.14. The van der Waals surface area contributed by atoms with Gasteiger partial charge in [-0.25, -0.2) is 4.98 Å². The van der Waals surface area contributed by atoms with E-state index in [9.17, 15) is 4.79 Å². The SMILES string of the molecule is Cc1nc(CC(=O)C2(N)CCCC(C)C2)cs1. The van der Waals surface area contributed by atoms with Crippen LogP contribution in [0.1, 0.15) is 43.3 Å². The molecule has 2 atom stereocenters. The molecule has 1 heterocycles. The van der Waals surface area contributed by atoms with Gasteiger partial charge in [0, 0.05) is 5.38 Å². The Morgan fingerprint density at radius 1 is 1.71 bits per heavy atom. The maximum absolute atomic E-state index is 12.3. The molecule has 0 aliphatic heterocycles. The summed E-state index contributed by atoms with van der Waals surface area (Å²) < 4.78 is 0. The highest BCUT2D eigenvalue weighted by atomic mass is 32.1. The molecule has 0 bridgehead atoms. The van der Waals surface area contributed by atoms with E-state index in [1.807, 2.05) is 12.3 Å². The molecule has 3 nitrogen and oxygen atoms in total. The molecule has 17 heavy (non-hydrogen) atoms. The Labute approximate surface area is 106 Å². The van der Waals surface area contributed by atoms with Crippen LogP contribution in [-0.2, 0) is 11.2 Å². The largest absolute Gasteiger partial charge is 0.319 e. The topological polar surface area (TPSA) is 56.0 Å². The molecule has 1 fully saturated rings. The van der Waals surface area contributed by atoms with Crippen molar-refractivity contribution < 1.29 is 4.79 Å². The number of ketones is 1. The van der Waals surface area contributed by atoms with Crippen molar-refractivity contribution in [1.29, 1.82) is 0 Å². The zero-order valence-corrected chi connectivity index (χ0v) is 11.3. The van der Waals surface area contributed by atoms with Crippen molar-refractivity contribution in [3.05, 3.63) is 16.1 Å². The summed E-state index contributed by atoms with van der Waals surface area (Å²) in [5.41, 5.74) is 6.55. The molecule has 0 spiro atoms. The van der Waals surface area contributed by atoms with Gasteiger partial charge in [0.15, 0.2) is 5.78 Å². The second-order valence-electron chi connectivity index (χ2n) is 5.32. The van der Waals surface area contributed by atoms with E-state index in [2.05, 4.69) is 11.9 Å². The number of aromatic nitrogens is 1. The number of Topliss-reactive ketones (excluding diaryl/α,β-unsaturated/α-hetero) is 1. The van der Waals surface area contributed by atoms with Crippen molar-refractivity contribution in [3.8, 4) is 0 Å². The molecular weight excluding hydrogens is 232 g/mol. The van der Waals surface area contributed by atoms with Crippen molar-refractivity contribution >= 4 is 17.1 Å². The van der Waals surface area contributed by atoms with Gasteiger partial charge in [-0.05, 0) is 25.7 Å². The van der Waals surface area contributed by atoms with Crippen molar-refractivity contribution in [1.82, 2.24) is 4.98 Å². The number of hydrogen-bond acceptors (Lipinski definition) is 4. The predicted octanol–water partition coefficient (Wildman–Crippen LogP) is 2.47. The van der Waals surface area contributed by atoms with Crippen LogP contribution in [0.25, 0.3) is 0 Å². The highest BCUT2D eigenvalue weighted by Gasteiger charge is 2.37. The fourth-order valence-electron chi connectivity index (χ4n) is 2.68. The van der Waals surface area contributed by atoms with E-state index in [4.69, 9.17) is 5.73 Å². The van der Waals surface area contributed by atoms with Crippen LogP contribution < -0.4 is 5.73 Å². The maximum atomic E-state index is 12.3. The third kappa shape index (κ3) is 2.93. The van der Waals surface area contributed by atoms with Crippen LogP contribution in [0.5, 0.6) is 0 Å². The van der Waals surface area contributed by atoms with Crippen LogP contribution in [0, 0.1) is 12.8 Å². The van der Waals surface area contributed by atoms with Gasteiger partial charge in [-0.2, -0.15) is 0 Å². The highest BCUT2D eigenvalue weighted by molar-refractivity contribution is 7.09. The summed E-state index contributed by atoms with van der Waals surface area (Å²) in [6, 6.07) is 0. The Balaban J connectivity index is 2.03. The summed E-state index contributed by atoms with van der Waals surface area (Å²) in [6.07, 6.45) is 4.32. The molecule has 2 unspecified atom stereocenters. The number of carbonyl (C=O) groups excluding carboxylic acids is 1. The molecule has 1 aliphatic carbocycles. The van der Waals surface area contributed by atoms with Crippen LogP contribution >= 0.6 is 11.3 Å². The average molecular weight is 252 g/mol. The van der Waals surface area contributed by atoms with E-state index >= 15 is 0 Å². The lowest BCUT2D eigenvalue weighted by Crippen LogP contribution is -2.51. The van der Waals surface area contributed by atoms with E-state index in [0.29, 0.717) is 12.3 Å². The number of hydrogen-bond donors (Lipinski definition) is 1. The van der Waals surface area contributed by atoms with E-state index in [1.165, 1.54) is 6.42 Å². The molecule has 1 saturated carbocycles. The number of aryl methyl sites for hydroxylation is 1. The quantitative estimate of drug-likeness (QED) is 0.899. The third-order valence-corrected chi connectivity index (χ3v) is 4.42. The zero-order chi connectivity index (χ0) is 12.5. The van der Waals surface area contributed by atoms with Crippen LogP contribution in [0.15, 0.2) is 5.38 Å². The molecule has 2 N–H and O–H groups in total. The predicted molar refractivity (Wildman–Crippen MR) is 70.1 cm³/mol. The Kier molecular flexibility index (Phi) is 3.64. The molecule has 94 valence electrons. The molecule has 0 aromatic carbocycles. The molecule has 0 saturated heterocycles. The number of carbonyl (C=O) groups is 1. The second kappa shape index (κ2) is 4.86. The van der Waals surface area contributed by atoms with Crippen molar-refractivity contribution in [2.24, 2.45) is 11.7 Å². The van der Waals surface area contributed by atoms with Gasteiger partial charge in [0.05, 0.1) is 22.7 Å². The Hall–Kier alpha value is -0.740. The van der Waals surface area contributed by atoms with E-state index in [0.717, 1.165) is 30.0 Å². The van der Waals surface area contributed by atoms with E-state index in [1.54, 1.807) is 11.3 Å². The molecule has 0 amide bonds. The van der Waals surface area contributed by atoms with Crippen molar-refractivity contribution in [3.63, 3.8) is 0 Å². The van der Waals surface area contributed by atoms with Gasteiger partial charge in [-0.3, -0.25) is 4.79 Å². The molecular formula is C13H20N2OS. The van der Waals surface area contributed by atoms with Crippen LogP contribution in [0.4, 0.5) is 0 Å². The Bertz CT molecular complexity index is 415. The fourth-order valence-corrected chi connectivity index (χ4v) is 3.29. The number of nitrogens with zero attached hydrogens (tertiary/aromatic N) is 1. The summed E-state index contributed by atoms with van der Waals surface area (Å²) >= 11 is 1.59. The van der Waals surface area contributed by atoms with Crippen LogP contribution in [-0.4, -0.2) is 16.3 Å². The van der Waals surface area contributed by atoms with Gasteiger partial charge in [-0.1, -0.05) is 19.8 Å². The summed E-state index contributed by atoms with van der Waals surface area (Å²) in [5, 5.41) is 2.97. The zero-order valence-electron chi connectivity index (χ0n) is 10.5. The van der Waals surface area contributed by atoms with Gasteiger partial charge < -0.3 is 5.73 Å². The molecule has 0 radical (unpaired) electrons. The molecule has 2 rings (SSSR count). The number of thiazole rings is 1. The first-order chi connectivity index (χ1) is 7.99. The maximum Gasteiger partial charge on any atom is 0.158 e. The summed E-state index contributed by atoms with van der Waals surface area (Å²) in [4.78, 5) is 16.6. The van der Waals surface area contributed by atoms with Crippen LogP contribution in [0.2, 0.25) is 0 Å². The lowest BCUT2D eigenvalue weighted by Gasteiger charge is -2.35. The van der Waals surface area contributed by atoms with Gasteiger partial charge in [-0.15, -0.1) is 11.3 Å². The molecule has 1 aliphatic rings. The fraction of sp³-hybridized carbons (Fsp3) is 0.692. The van der Waals surface area contributed by atoms with Gasteiger partial charge >= 0.3 is 0 Å². The Morgan fingerprint density at radius 2 is 2.47 bits per heavy atom. The molecule has 1 aromatic rings. The van der Waals surface area contributed by atoms with Crippen molar-refractivity contribution in [2.45, 2.75) is 51.5 Å². The highest BCUT2D eigenvalue weighted by Crippen LogP contribution is 2.31. The van der Waals surface area contributed by atoms with E-state index in [-0.39, 0.29) is 5.78 Å². The van der Waals surface area contributed by atoms with Gasteiger partial charge in [0.1, 0.15) is 0 Å². The van der Waals surface area contributed by atoms with Gasteiger partial charge in [0.2, 0.25) is 0 Å². The minimum atomic E-state index is -0.602. The van der Waals surface area contributed by atoms with E-state index < -0.39 is 5.54 Å². The normalized spacial score (nSPS) is 29.2. The Morgan fingerprint density at radius 3 is 3.06 bits per heavy atom. The monoisotopic (exact) mass is 252 g/mol. The number of rotatable bonds is 3. The summed E-state index contributed by atoms with van der Waals surface area (Å²) in [5.74, 6) is 0.726. The molecule has 1 aromatic heterocycles. The molecule has 4 heteroatoms. The summed E-state index contributed by atoms with van der Waals surface area (Å²) in [7, 11) is 0. The smallest absolute Gasteiger partial charge is 0.158 e. The standard InChI is InChI=1S/C13H20N2OS/c1-9-4-3-5-13(14,7-9)12(16)6-11-8-17-10(2)15-11/h8-9H,3-7,14H2,1-2H3. The first-order valence-corrected chi connectivity index (χ1v) is 7.11. The van der Waals surface area contributed by atoms with Crippen LogP contribution in [0.3, 0.4) is 0 Å². The van der Waals surface area contributed by atoms with Gasteiger partial charge in [0.25, 0.3) is 0 Å². The second-order valence-corrected chi connectivity index (χ2v) is 6.38. The average Bonchev–Trinajstić information content (AvgIpc) is 2.63.